The van der Waals surface area contributed by atoms with Crippen molar-refractivity contribution in [3.05, 3.63) is 393 Å². The van der Waals surface area contributed by atoms with E-state index in [2.05, 4.69) is 392 Å². The second-order valence-electron chi connectivity index (χ2n) is 34.7. The van der Waals surface area contributed by atoms with Gasteiger partial charge in [0.2, 0.25) is 5.71 Å². The lowest BCUT2D eigenvalue weighted by molar-refractivity contribution is 0.635. The largest absolute Gasteiger partial charge is 0.437 e. The first-order valence-corrected chi connectivity index (χ1v) is 47.4. The molecule has 14 heteroatoms. The molecule has 29 aromatic rings. The van der Waals surface area contributed by atoms with Crippen LogP contribution in [0.2, 0.25) is 0 Å². The maximum atomic E-state index is 6.43. The fraction of sp³-hybridized carbons (Fsp3) is 0.0256. The van der Waals surface area contributed by atoms with E-state index in [0.717, 1.165) is 117 Å². The molecule has 0 aliphatic heterocycles. The number of nitrogens with zero attached hydrogens (tertiary/aromatic N) is 9. The van der Waals surface area contributed by atoms with Crippen LogP contribution in [0.3, 0.4) is 0 Å². The van der Waals surface area contributed by atoms with Crippen LogP contribution in [0.5, 0.6) is 0 Å². The summed E-state index contributed by atoms with van der Waals surface area (Å²) in [5.74, 6) is 4.83. The standard InChI is InChI=1S/C41H27N3S.C38H21N3OS.C38H21N3S2/c1-41(2)32-16-8-5-15-29(32)37-38(41)42-39(26-19-20-36-31(22-26)28-14-7-10-18-35(28)45-36)43-40(37)44-33-17-9-6-13-27(33)30-21-24-11-3-4-12-25(24)23-34(30)44;1-2-10-23-21-31-28(19-22(23)9-1)25-11-3-6-14-30(25)41(31)37-35-27-13-4-7-15-32(27)42-38(35)40-36(39-37)24-17-18-34-29(20-24)26-12-5-8-16-33(26)43-34;1-2-10-23-21-31-28(19-22(23)9-1)25-11-3-6-14-30(25)41(31)37-35-27-13-5-8-16-33(27)43-38(35)40-36(39-37)24-17-18-34-29(20-24)26-12-4-7-15-32(26)42-34/h3-23H,1-2H3;2*1-21H. The molecule has 18 aromatic carbocycles. The molecule has 1 aliphatic rings. The van der Waals surface area contributed by atoms with Crippen molar-refractivity contribution in [3.8, 4) is 62.7 Å². The zero-order valence-electron chi connectivity index (χ0n) is 70.4. The van der Waals surface area contributed by atoms with Crippen molar-refractivity contribution in [2.24, 2.45) is 0 Å². The molecule has 1 aliphatic carbocycles. The predicted octanol–water partition coefficient (Wildman–Crippen LogP) is 32.9. The van der Waals surface area contributed by atoms with E-state index in [0.29, 0.717) is 11.5 Å². The molecule has 10 nitrogen and oxygen atoms in total. The van der Waals surface area contributed by atoms with E-state index in [9.17, 15) is 0 Å². The van der Waals surface area contributed by atoms with Gasteiger partial charge in [-0.2, -0.15) is 4.98 Å². The summed E-state index contributed by atoms with van der Waals surface area (Å²) in [6.07, 6.45) is 0. The zero-order chi connectivity index (χ0) is 86.0. The molecule has 0 amide bonds. The smallest absolute Gasteiger partial charge is 0.233 e. The molecule has 0 saturated heterocycles. The summed E-state index contributed by atoms with van der Waals surface area (Å²) in [4.78, 5) is 33.1. The Labute approximate surface area is 763 Å². The fourth-order valence-electron chi connectivity index (χ4n) is 20.9. The van der Waals surface area contributed by atoms with Gasteiger partial charge in [-0.3, -0.25) is 13.7 Å². The Hall–Kier alpha value is -15.9. The summed E-state index contributed by atoms with van der Waals surface area (Å²) in [7, 11) is 0. The Balaban J connectivity index is 0.0000000986. The minimum Gasteiger partial charge on any atom is -0.437 e. The Morgan fingerprint density at radius 1 is 0.244 bits per heavy atom. The van der Waals surface area contributed by atoms with Crippen LogP contribution in [-0.4, -0.2) is 43.6 Å². The highest BCUT2D eigenvalue weighted by Crippen LogP contribution is 2.53. The first kappa shape index (κ1) is 74.2. The van der Waals surface area contributed by atoms with Crippen molar-refractivity contribution in [1.82, 2.24) is 43.6 Å². The van der Waals surface area contributed by atoms with E-state index >= 15 is 0 Å². The molecule has 0 atom stereocenters. The lowest BCUT2D eigenvalue weighted by Gasteiger charge is -2.21. The van der Waals surface area contributed by atoms with Crippen LogP contribution < -0.4 is 0 Å². The summed E-state index contributed by atoms with van der Waals surface area (Å²) in [5, 5.41) is 26.4. The second-order valence-corrected chi connectivity index (χ2v) is 39.0. The molecule has 30 rings (SSSR count). The van der Waals surface area contributed by atoms with Crippen LogP contribution in [0.4, 0.5) is 0 Å². The number of aromatic nitrogens is 9. The summed E-state index contributed by atoms with van der Waals surface area (Å²) < 4.78 is 22.4. The highest BCUT2D eigenvalue weighted by molar-refractivity contribution is 7.27. The van der Waals surface area contributed by atoms with Crippen molar-refractivity contribution in [2.75, 3.05) is 0 Å². The van der Waals surface area contributed by atoms with E-state index in [1.165, 1.54) is 146 Å². The Morgan fingerprint density at radius 2 is 0.588 bits per heavy atom. The number of rotatable bonds is 6. The first-order valence-electron chi connectivity index (χ1n) is 44.1. The maximum absolute atomic E-state index is 6.43. The van der Waals surface area contributed by atoms with E-state index in [-0.39, 0.29) is 5.41 Å². The zero-order valence-corrected chi connectivity index (χ0v) is 73.7. The highest BCUT2D eigenvalue weighted by Gasteiger charge is 2.41. The molecule has 0 saturated carbocycles. The van der Waals surface area contributed by atoms with Crippen molar-refractivity contribution >= 4 is 246 Å². The second kappa shape index (κ2) is 28.5. The Kier molecular flexibility index (Phi) is 16.2. The molecule has 612 valence electrons. The number of hydrogen-bond acceptors (Lipinski definition) is 11. The Bertz CT molecular complexity index is 9610. The molecular formula is C117H69N9OS4. The number of hydrogen-bond donors (Lipinski definition) is 0. The van der Waals surface area contributed by atoms with Crippen molar-refractivity contribution in [2.45, 2.75) is 19.3 Å². The van der Waals surface area contributed by atoms with E-state index in [4.69, 9.17) is 34.3 Å². The summed E-state index contributed by atoms with van der Waals surface area (Å²) in [6.45, 7) is 4.60. The molecule has 0 spiro atoms. The predicted molar refractivity (Wildman–Crippen MR) is 554 cm³/mol. The van der Waals surface area contributed by atoms with Crippen LogP contribution in [-0.2, 0) is 5.41 Å². The fourth-order valence-corrected chi connectivity index (χ4v) is 25.2. The Morgan fingerprint density at radius 3 is 1.06 bits per heavy atom. The van der Waals surface area contributed by atoms with Gasteiger partial charge in [0.1, 0.15) is 16.2 Å². The van der Waals surface area contributed by atoms with Crippen molar-refractivity contribution < 1.29 is 4.42 Å². The third-order valence-corrected chi connectivity index (χ3v) is 31.5. The van der Waals surface area contributed by atoms with Crippen LogP contribution in [0.15, 0.2) is 387 Å². The minimum atomic E-state index is -0.275. The van der Waals surface area contributed by atoms with Gasteiger partial charge >= 0.3 is 0 Å². The van der Waals surface area contributed by atoms with Crippen molar-refractivity contribution in [1.29, 1.82) is 0 Å². The maximum Gasteiger partial charge on any atom is 0.233 e. The van der Waals surface area contributed by atoms with E-state index < -0.39 is 0 Å². The number of thiophene rings is 4. The number of benzene rings is 18. The lowest BCUT2D eigenvalue weighted by Crippen LogP contribution is -2.18. The molecule has 0 bridgehead atoms. The van der Waals surface area contributed by atoms with Gasteiger partial charge in [-0.1, -0.05) is 257 Å². The summed E-state index contributed by atoms with van der Waals surface area (Å²) in [5.41, 5.74) is 15.7. The molecule has 0 fully saturated rings. The molecule has 11 aromatic heterocycles. The SMILES string of the molecule is CC1(C)c2ccccc2-c2c(-n3c4ccccc4c4cc5ccccc5cc43)nc(-c3ccc4sc5ccccc5c4c3)nc21.c1ccc2cc3c(cc2c1)c1ccccc1n3-c1nc(-c2ccc3sc4ccccc4c3c2)nc2oc3ccccc3c12.c1ccc2cc3c(cc2c1)c1ccccc1n3-c1nc(-c2ccc3sc4ccccc4c3c2)nc2sc3ccccc3c12. The molecular weight excluding hydrogens is 1680 g/mol. The van der Waals surface area contributed by atoms with Gasteiger partial charge in [0.15, 0.2) is 29.1 Å². The van der Waals surface area contributed by atoms with E-state index in [1.807, 2.05) is 52.2 Å². The van der Waals surface area contributed by atoms with Crippen LogP contribution in [0.1, 0.15) is 25.1 Å². The van der Waals surface area contributed by atoms with E-state index in [1.54, 1.807) is 11.3 Å². The van der Waals surface area contributed by atoms with Gasteiger partial charge in [0, 0.05) is 136 Å². The van der Waals surface area contributed by atoms with Gasteiger partial charge in [-0.25, -0.2) is 24.9 Å². The highest BCUT2D eigenvalue weighted by atomic mass is 32.1. The molecule has 0 radical (unpaired) electrons. The van der Waals surface area contributed by atoms with Gasteiger partial charge in [0.25, 0.3) is 0 Å². The molecule has 0 N–H and O–H groups in total. The van der Waals surface area contributed by atoms with Crippen LogP contribution in [0, 0.1) is 0 Å². The average molecular weight is 1750 g/mol. The third-order valence-electron chi connectivity index (χ3n) is 27.0. The molecule has 11 heterocycles. The van der Waals surface area contributed by atoms with Crippen molar-refractivity contribution in [3.63, 3.8) is 0 Å². The quantitative estimate of drug-likeness (QED) is 0.163. The van der Waals surface area contributed by atoms with Crippen LogP contribution >= 0.6 is 45.3 Å². The van der Waals surface area contributed by atoms with Gasteiger partial charge in [0.05, 0.1) is 49.6 Å². The third kappa shape index (κ3) is 11.4. The summed E-state index contributed by atoms with van der Waals surface area (Å²) >= 11 is 7.22. The van der Waals surface area contributed by atoms with Gasteiger partial charge in [-0.15, -0.1) is 45.3 Å². The van der Waals surface area contributed by atoms with Gasteiger partial charge < -0.3 is 4.42 Å². The number of furan rings is 1. The average Bonchev–Trinajstić information content (AvgIpc) is 1.51. The summed E-state index contributed by atoms with van der Waals surface area (Å²) in [6, 6.07) is 137. The monoisotopic (exact) mass is 1740 g/mol. The number of fused-ring (bicyclic) bond motifs is 30. The molecule has 131 heavy (non-hydrogen) atoms. The van der Waals surface area contributed by atoms with Crippen LogP contribution in [0.25, 0.3) is 263 Å². The number of para-hydroxylation sites is 4. The molecule has 0 unspecified atom stereocenters. The lowest BCUT2D eigenvalue weighted by atomic mass is 9.85. The van der Waals surface area contributed by atoms with Gasteiger partial charge in [-0.05, 0) is 183 Å². The first-order chi connectivity index (χ1) is 64.7. The minimum absolute atomic E-state index is 0.275. The normalized spacial score (nSPS) is 12.7. The topological polar surface area (TPSA) is 105 Å².